The molecule has 43 heavy (non-hydrogen) atoms. The molecule has 5 heterocycles. The SMILES string of the molecule is CC[C@@]1(O)C(=O)OCc2c1cc1n(c2=O)Cc2cc3c(CN(C)C)c(O[C@@H]4O[C@H](C(=O)O)[C@@H](O)[C@H](O)[C@H]4O)ccc3nc2-1. The highest BCUT2D eigenvalue weighted by Gasteiger charge is 2.48. The van der Waals surface area contributed by atoms with Crippen LogP contribution in [-0.2, 0) is 44.4 Å². The van der Waals surface area contributed by atoms with Gasteiger partial charge in [-0.2, -0.15) is 0 Å². The maximum atomic E-state index is 13.5. The van der Waals surface area contributed by atoms with Gasteiger partial charge in [0.15, 0.2) is 11.7 Å². The van der Waals surface area contributed by atoms with Crippen LogP contribution in [0.4, 0.5) is 0 Å². The Labute approximate surface area is 244 Å². The van der Waals surface area contributed by atoms with Crippen molar-refractivity contribution in [2.75, 3.05) is 14.1 Å². The van der Waals surface area contributed by atoms with Crippen LogP contribution in [0.1, 0.15) is 35.6 Å². The van der Waals surface area contributed by atoms with Gasteiger partial charge in [0.1, 0.15) is 30.7 Å². The number of aliphatic carboxylic acids is 1. The molecular weight excluding hydrogens is 566 g/mol. The third-order valence-electron chi connectivity index (χ3n) is 8.29. The first-order valence-corrected chi connectivity index (χ1v) is 13.7. The lowest BCUT2D eigenvalue weighted by Gasteiger charge is -2.38. The third-order valence-corrected chi connectivity index (χ3v) is 8.29. The fourth-order valence-electron chi connectivity index (χ4n) is 5.96. The van der Waals surface area contributed by atoms with Gasteiger partial charge in [-0.15, -0.1) is 0 Å². The first-order chi connectivity index (χ1) is 20.3. The zero-order valence-corrected chi connectivity index (χ0v) is 23.6. The molecule has 5 N–H and O–H groups in total. The van der Waals surface area contributed by atoms with E-state index in [2.05, 4.69) is 0 Å². The van der Waals surface area contributed by atoms with Crippen molar-refractivity contribution in [2.24, 2.45) is 0 Å². The topological polar surface area (TPSA) is 201 Å². The number of cyclic esters (lactones) is 1. The summed E-state index contributed by atoms with van der Waals surface area (Å²) in [4.78, 5) is 44.2. The van der Waals surface area contributed by atoms with Crippen LogP contribution < -0.4 is 10.3 Å². The molecule has 0 amide bonds. The lowest BCUT2D eigenvalue weighted by Crippen LogP contribution is -2.61. The number of hydrogen-bond donors (Lipinski definition) is 5. The minimum Gasteiger partial charge on any atom is -0.479 e. The van der Waals surface area contributed by atoms with Gasteiger partial charge >= 0.3 is 11.9 Å². The molecule has 228 valence electrons. The number of carboxylic acid groups (broad SMARTS) is 1. The van der Waals surface area contributed by atoms with Crippen molar-refractivity contribution in [1.29, 1.82) is 0 Å². The average molecular weight is 598 g/mol. The Morgan fingerprint density at radius 2 is 1.91 bits per heavy atom. The van der Waals surface area contributed by atoms with E-state index in [0.29, 0.717) is 40.0 Å². The summed E-state index contributed by atoms with van der Waals surface area (Å²) in [5, 5.41) is 52.0. The number of nitrogens with zero attached hydrogens (tertiary/aromatic N) is 3. The summed E-state index contributed by atoms with van der Waals surface area (Å²) in [5.41, 5.74) is 0.934. The normalized spacial score (nSPS) is 27.9. The van der Waals surface area contributed by atoms with E-state index in [-0.39, 0.29) is 42.0 Å². The lowest BCUT2D eigenvalue weighted by atomic mass is 9.86. The predicted molar refractivity (Wildman–Crippen MR) is 147 cm³/mol. The van der Waals surface area contributed by atoms with Crippen molar-refractivity contribution in [3.05, 3.63) is 56.9 Å². The van der Waals surface area contributed by atoms with Gasteiger partial charge in [-0.1, -0.05) is 6.92 Å². The molecule has 3 aromatic rings. The molecule has 0 saturated carbocycles. The summed E-state index contributed by atoms with van der Waals surface area (Å²) in [6.45, 7) is 1.90. The molecule has 1 aromatic carbocycles. The highest BCUT2D eigenvalue weighted by atomic mass is 16.7. The van der Waals surface area contributed by atoms with E-state index in [1.54, 1.807) is 25.1 Å². The number of fused-ring (bicyclic) bond motifs is 5. The highest BCUT2D eigenvalue weighted by molar-refractivity contribution is 5.89. The van der Waals surface area contributed by atoms with Crippen molar-refractivity contribution in [3.8, 4) is 17.1 Å². The molecule has 1 saturated heterocycles. The van der Waals surface area contributed by atoms with Crippen LogP contribution in [0.3, 0.4) is 0 Å². The summed E-state index contributed by atoms with van der Waals surface area (Å²) in [5.74, 6) is -2.10. The van der Waals surface area contributed by atoms with E-state index in [1.807, 2.05) is 25.1 Å². The third kappa shape index (κ3) is 4.49. The van der Waals surface area contributed by atoms with Crippen LogP contribution in [0.25, 0.3) is 22.3 Å². The molecule has 0 unspecified atom stereocenters. The van der Waals surface area contributed by atoms with E-state index < -0.39 is 48.2 Å². The zero-order chi connectivity index (χ0) is 31.0. The van der Waals surface area contributed by atoms with Crippen LogP contribution in [-0.4, -0.2) is 96.7 Å². The summed E-state index contributed by atoms with van der Waals surface area (Å²) in [6.07, 6.45) is -8.81. The molecule has 0 spiro atoms. The number of carbonyl (C=O) groups excluding carboxylic acids is 1. The first kappa shape index (κ1) is 29.2. The Balaban J connectivity index is 1.44. The number of esters is 1. The molecule has 6 atom stereocenters. The van der Waals surface area contributed by atoms with Crippen LogP contribution in [0.15, 0.2) is 29.1 Å². The molecule has 0 radical (unpaired) electrons. The maximum absolute atomic E-state index is 13.5. The fourth-order valence-corrected chi connectivity index (χ4v) is 5.96. The van der Waals surface area contributed by atoms with Crippen molar-refractivity contribution >= 4 is 22.8 Å². The minimum absolute atomic E-state index is 0.0268. The fraction of sp³-hybridized carbons (Fsp3) is 0.448. The number of rotatable bonds is 6. The second-order valence-corrected chi connectivity index (χ2v) is 11.3. The predicted octanol–water partition coefficient (Wildman–Crippen LogP) is -0.588. The van der Waals surface area contributed by atoms with Crippen LogP contribution in [0, 0.1) is 0 Å². The quantitative estimate of drug-likeness (QED) is 0.177. The molecule has 3 aliphatic rings. The van der Waals surface area contributed by atoms with Gasteiger partial charge in [0.05, 0.1) is 29.0 Å². The number of carboxylic acids is 1. The number of aliphatic hydroxyl groups is 4. The number of benzene rings is 1. The standard InChI is InChI=1S/C29H31N3O11/c1-4-29(40)16-8-18-20-12(9-32(18)25(36)15(16)11-41-28(29)39)7-13-14(10-31(2)3)19(6-5-17(13)30-20)42-27-23(35)21(33)22(34)24(43-27)26(37)38/h5-8,21-24,27,33-35,40H,4,9-11H2,1-3H3,(H,37,38)/t21-,22-,23+,24-,27+,29-/m0/s1. The van der Waals surface area contributed by atoms with Gasteiger partial charge in [0.25, 0.3) is 5.56 Å². The van der Waals surface area contributed by atoms with Crippen LogP contribution in [0.2, 0.25) is 0 Å². The second kappa shape index (κ2) is 10.4. The summed E-state index contributed by atoms with van der Waals surface area (Å²) in [6, 6.07) is 6.71. The van der Waals surface area contributed by atoms with E-state index in [1.165, 1.54) is 4.57 Å². The summed E-state index contributed by atoms with van der Waals surface area (Å²) in [7, 11) is 3.65. The van der Waals surface area contributed by atoms with Gasteiger partial charge < -0.3 is 49.2 Å². The highest BCUT2D eigenvalue weighted by Crippen LogP contribution is 2.40. The largest absolute Gasteiger partial charge is 0.479 e. The van der Waals surface area contributed by atoms with Crippen molar-refractivity contribution < 1.29 is 49.3 Å². The monoisotopic (exact) mass is 597 g/mol. The maximum Gasteiger partial charge on any atom is 0.343 e. The lowest BCUT2D eigenvalue weighted by molar-refractivity contribution is -0.271. The second-order valence-electron chi connectivity index (χ2n) is 11.3. The van der Waals surface area contributed by atoms with Gasteiger partial charge in [-0.3, -0.25) is 4.79 Å². The van der Waals surface area contributed by atoms with Crippen LogP contribution >= 0.6 is 0 Å². The molecule has 0 bridgehead atoms. The van der Waals surface area contributed by atoms with Crippen molar-refractivity contribution in [2.45, 2.75) is 69.3 Å². The zero-order valence-electron chi connectivity index (χ0n) is 23.6. The number of carbonyl (C=O) groups is 2. The van der Waals surface area contributed by atoms with Gasteiger partial charge in [0, 0.05) is 28.6 Å². The molecule has 14 nitrogen and oxygen atoms in total. The van der Waals surface area contributed by atoms with Gasteiger partial charge in [0.2, 0.25) is 6.29 Å². The number of ether oxygens (including phenoxy) is 3. The van der Waals surface area contributed by atoms with Crippen molar-refractivity contribution in [3.63, 3.8) is 0 Å². The van der Waals surface area contributed by atoms with Crippen LogP contribution in [0.5, 0.6) is 5.75 Å². The molecule has 1 fully saturated rings. The molecule has 6 rings (SSSR count). The molecule has 0 aliphatic carbocycles. The smallest absolute Gasteiger partial charge is 0.343 e. The van der Waals surface area contributed by atoms with Gasteiger partial charge in [-0.05, 0) is 44.8 Å². The molecule has 3 aliphatic heterocycles. The van der Waals surface area contributed by atoms with E-state index in [9.17, 15) is 39.9 Å². The van der Waals surface area contributed by atoms with E-state index >= 15 is 0 Å². The first-order valence-electron chi connectivity index (χ1n) is 13.7. The number of aliphatic hydroxyl groups excluding tert-OH is 3. The number of pyridine rings is 2. The average Bonchev–Trinajstić information content (AvgIpc) is 3.33. The van der Waals surface area contributed by atoms with E-state index in [0.717, 1.165) is 0 Å². The Kier molecular flexibility index (Phi) is 7.03. The Morgan fingerprint density at radius 1 is 1.16 bits per heavy atom. The Morgan fingerprint density at radius 3 is 2.58 bits per heavy atom. The van der Waals surface area contributed by atoms with E-state index in [4.69, 9.17) is 19.2 Å². The molecular formula is C29H31N3O11. The Bertz CT molecular complexity index is 1720. The summed E-state index contributed by atoms with van der Waals surface area (Å²) >= 11 is 0. The minimum atomic E-state index is -1.94. The summed E-state index contributed by atoms with van der Waals surface area (Å²) < 4.78 is 17.9. The number of aromatic nitrogens is 2. The molecule has 14 heteroatoms. The van der Waals surface area contributed by atoms with Crippen molar-refractivity contribution in [1.82, 2.24) is 14.5 Å². The number of hydrogen-bond acceptors (Lipinski definition) is 12. The van der Waals surface area contributed by atoms with Gasteiger partial charge in [-0.25, -0.2) is 14.6 Å². The Hall–Kier alpha value is -3.92. The molecule has 2 aromatic heterocycles.